The molecule has 1 N–H and O–H groups in total. The molecule has 23 heavy (non-hydrogen) atoms. The van der Waals surface area contributed by atoms with E-state index in [-0.39, 0.29) is 5.76 Å². The third kappa shape index (κ3) is 3.86. The van der Waals surface area contributed by atoms with Crippen LogP contribution in [0.2, 0.25) is 0 Å². The van der Waals surface area contributed by atoms with E-state index in [4.69, 9.17) is 4.74 Å². The van der Waals surface area contributed by atoms with Gasteiger partial charge >= 0.3 is 0 Å². The molecule has 1 aliphatic heterocycles. The van der Waals surface area contributed by atoms with Crippen molar-refractivity contribution in [2.75, 3.05) is 19.4 Å². The molecule has 0 unspecified atom stereocenters. The van der Waals surface area contributed by atoms with Crippen LogP contribution in [0.15, 0.2) is 48.0 Å². The molecule has 2 heterocycles. The topological polar surface area (TPSA) is 45.6 Å². The van der Waals surface area contributed by atoms with Crippen molar-refractivity contribution in [1.82, 2.24) is 9.88 Å². The molecule has 120 valence electrons. The van der Waals surface area contributed by atoms with Gasteiger partial charge in [-0.25, -0.2) is 4.98 Å². The van der Waals surface area contributed by atoms with Gasteiger partial charge in [-0.3, -0.25) is 4.90 Å². The van der Waals surface area contributed by atoms with E-state index in [2.05, 4.69) is 22.5 Å². The van der Waals surface area contributed by atoms with E-state index < -0.39 is 0 Å². The highest BCUT2D eigenvalue weighted by Crippen LogP contribution is 2.29. The van der Waals surface area contributed by atoms with Gasteiger partial charge in [-0.1, -0.05) is 24.8 Å². The molecule has 1 aliphatic rings. The van der Waals surface area contributed by atoms with Crippen molar-refractivity contribution in [3.8, 4) is 5.88 Å². The van der Waals surface area contributed by atoms with Crippen LogP contribution in [0.1, 0.15) is 16.7 Å². The lowest BCUT2D eigenvalue weighted by Gasteiger charge is -2.20. The van der Waals surface area contributed by atoms with E-state index in [9.17, 15) is 5.11 Å². The normalized spacial score (nSPS) is 14.8. The number of aliphatic hydroxyl groups is 1. The number of benzene rings is 1. The molecule has 3 rings (SSSR count). The van der Waals surface area contributed by atoms with E-state index in [1.54, 1.807) is 7.11 Å². The van der Waals surface area contributed by atoms with Crippen LogP contribution in [0.3, 0.4) is 0 Å². The summed E-state index contributed by atoms with van der Waals surface area (Å²) in [5.41, 5.74) is 3.20. The lowest BCUT2D eigenvalue weighted by molar-refractivity contribution is 0.273. The van der Waals surface area contributed by atoms with Crippen molar-refractivity contribution in [2.24, 2.45) is 0 Å². The van der Waals surface area contributed by atoms with Crippen LogP contribution in [0.5, 0.6) is 5.88 Å². The van der Waals surface area contributed by atoms with Gasteiger partial charge in [0.05, 0.1) is 7.11 Å². The zero-order valence-corrected chi connectivity index (χ0v) is 14.0. The van der Waals surface area contributed by atoms with Gasteiger partial charge in [-0.05, 0) is 17.2 Å². The lowest BCUT2D eigenvalue weighted by atomic mass is 10.1. The Morgan fingerprint density at radius 1 is 1.43 bits per heavy atom. The second kappa shape index (κ2) is 7.06. The number of thioether (sulfide) groups is 1. The van der Waals surface area contributed by atoms with Gasteiger partial charge in [0.1, 0.15) is 5.76 Å². The van der Waals surface area contributed by atoms with Crippen molar-refractivity contribution >= 4 is 17.5 Å². The smallest absolute Gasteiger partial charge is 0.213 e. The van der Waals surface area contributed by atoms with Gasteiger partial charge in [-0.2, -0.15) is 0 Å². The number of fused-ring (bicyclic) bond motifs is 1. The van der Waals surface area contributed by atoms with Crippen LogP contribution in [0.4, 0.5) is 0 Å². The highest BCUT2D eigenvalue weighted by Gasteiger charge is 2.16. The minimum Gasteiger partial charge on any atom is -0.508 e. The number of nitrogens with zero attached hydrogens (tertiary/aromatic N) is 2. The fourth-order valence-electron chi connectivity index (χ4n) is 2.67. The number of aliphatic hydroxyl groups excluding tert-OH is 1. The minimum atomic E-state index is 0.111. The van der Waals surface area contributed by atoms with Crippen molar-refractivity contribution in [1.29, 1.82) is 0 Å². The second-order valence-corrected chi connectivity index (χ2v) is 6.68. The third-order valence-electron chi connectivity index (χ3n) is 3.86. The Labute approximate surface area is 140 Å². The molecule has 1 aromatic heterocycles. The summed E-state index contributed by atoms with van der Waals surface area (Å²) in [4.78, 5) is 7.92. The molecule has 0 spiro atoms. The average Bonchev–Trinajstić information content (AvgIpc) is 2.75. The Morgan fingerprint density at radius 2 is 2.30 bits per heavy atom. The van der Waals surface area contributed by atoms with Crippen LogP contribution in [-0.4, -0.2) is 34.4 Å². The van der Waals surface area contributed by atoms with Crippen molar-refractivity contribution < 1.29 is 9.84 Å². The molecule has 5 heteroatoms. The van der Waals surface area contributed by atoms with E-state index in [1.165, 1.54) is 16.0 Å². The van der Waals surface area contributed by atoms with Crippen LogP contribution in [0, 0.1) is 0 Å². The number of aromatic nitrogens is 1. The maximum Gasteiger partial charge on any atom is 0.213 e. The highest BCUT2D eigenvalue weighted by atomic mass is 32.2. The SMILES string of the molecule is C=C(O)c1cccc(CN2CCSc3cnc(OC)cc3C2)c1. The van der Waals surface area contributed by atoms with Gasteiger partial charge in [0.25, 0.3) is 0 Å². The Balaban J connectivity index is 1.78. The molecular weight excluding hydrogens is 308 g/mol. The first-order chi connectivity index (χ1) is 11.2. The zero-order chi connectivity index (χ0) is 16.2. The molecule has 0 amide bonds. The summed E-state index contributed by atoms with van der Waals surface area (Å²) in [6.45, 7) is 6.31. The predicted octanol–water partition coefficient (Wildman–Crippen LogP) is 3.73. The Hall–Kier alpha value is -1.98. The molecule has 0 atom stereocenters. The standard InChI is InChI=1S/C18H20N2O2S/c1-13(21)15-5-3-4-14(8-15)11-20-6-7-23-17-10-19-18(22-2)9-16(17)12-20/h3-5,8-10,21H,1,6-7,11-12H2,2H3. The lowest BCUT2D eigenvalue weighted by Crippen LogP contribution is -2.24. The summed E-state index contributed by atoms with van der Waals surface area (Å²) in [5.74, 6) is 1.80. The third-order valence-corrected chi connectivity index (χ3v) is 4.92. The van der Waals surface area contributed by atoms with E-state index >= 15 is 0 Å². The van der Waals surface area contributed by atoms with Crippen LogP contribution < -0.4 is 4.74 Å². The van der Waals surface area contributed by atoms with Crippen LogP contribution in [-0.2, 0) is 13.1 Å². The van der Waals surface area contributed by atoms with Crippen molar-refractivity contribution in [3.05, 3.63) is 59.8 Å². The average molecular weight is 328 g/mol. The molecule has 2 aromatic rings. The van der Waals surface area contributed by atoms with Crippen LogP contribution in [0.25, 0.3) is 5.76 Å². The first kappa shape index (κ1) is 15.9. The van der Waals surface area contributed by atoms with Gasteiger partial charge in [0, 0.05) is 48.1 Å². The Morgan fingerprint density at radius 3 is 3.09 bits per heavy atom. The Kier molecular flexibility index (Phi) is 4.88. The number of pyridine rings is 1. The summed E-state index contributed by atoms with van der Waals surface area (Å²) in [5, 5.41) is 9.55. The molecule has 1 aromatic carbocycles. The summed E-state index contributed by atoms with van der Waals surface area (Å²) in [6.07, 6.45) is 1.90. The zero-order valence-electron chi connectivity index (χ0n) is 13.2. The van der Waals surface area contributed by atoms with Crippen molar-refractivity contribution in [3.63, 3.8) is 0 Å². The van der Waals surface area contributed by atoms with Crippen LogP contribution >= 0.6 is 11.8 Å². The first-order valence-corrected chi connectivity index (χ1v) is 8.49. The summed E-state index contributed by atoms with van der Waals surface area (Å²) >= 11 is 1.84. The molecule has 0 bridgehead atoms. The number of rotatable bonds is 4. The maximum absolute atomic E-state index is 9.55. The molecule has 4 nitrogen and oxygen atoms in total. The van der Waals surface area contributed by atoms with Gasteiger partial charge < -0.3 is 9.84 Å². The molecule has 0 saturated carbocycles. The van der Waals surface area contributed by atoms with E-state index in [0.29, 0.717) is 5.88 Å². The highest BCUT2D eigenvalue weighted by molar-refractivity contribution is 7.99. The number of ether oxygens (including phenoxy) is 1. The molecular formula is C18H20N2O2S. The predicted molar refractivity (Wildman–Crippen MR) is 93.7 cm³/mol. The maximum atomic E-state index is 9.55. The fourth-order valence-corrected chi connectivity index (χ4v) is 3.68. The summed E-state index contributed by atoms with van der Waals surface area (Å²) in [6, 6.07) is 9.93. The summed E-state index contributed by atoms with van der Waals surface area (Å²) in [7, 11) is 1.64. The number of hydrogen-bond acceptors (Lipinski definition) is 5. The Bertz CT molecular complexity index is 718. The van der Waals surface area contributed by atoms with Crippen molar-refractivity contribution in [2.45, 2.75) is 18.0 Å². The van der Waals surface area contributed by atoms with Gasteiger partial charge in [-0.15, -0.1) is 11.8 Å². The molecule has 0 saturated heterocycles. The van der Waals surface area contributed by atoms with E-state index in [0.717, 1.165) is 31.0 Å². The molecule has 0 aliphatic carbocycles. The number of methoxy groups -OCH3 is 1. The van der Waals surface area contributed by atoms with Gasteiger partial charge in [0.15, 0.2) is 0 Å². The first-order valence-electron chi connectivity index (χ1n) is 7.51. The number of hydrogen-bond donors (Lipinski definition) is 1. The van der Waals surface area contributed by atoms with E-state index in [1.807, 2.05) is 42.2 Å². The minimum absolute atomic E-state index is 0.111. The summed E-state index contributed by atoms with van der Waals surface area (Å²) < 4.78 is 5.24. The quantitative estimate of drug-likeness (QED) is 0.867. The monoisotopic (exact) mass is 328 g/mol. The fraction of sp³-hybridized carbons (Fsp3) is 0.278. The largest absolute Gasteiger partial charge is 0.508 e. The second-order valence-electron chi connectivity index (χ2n) is 5.54. The van der Waals surface area contributed by atoms with Gasteiger partial charge in [0.2, 0.25) is 5.88 Å². The molecule has 0 fully saturated rings. The molecule has 0 radical (unpaired) electrons.